The molecule has 9 nitrogen and oxygen atoms in total. The van der Waals surface area contributed by atoms with Gasteiger partial charge in [-0.1, -0.05) is 0 Å². The molecule has 1 aliphatic rings. The number of amides is 1. The predicted molar refractivity (Wildman–Crippen MR) is 111 cm³/mol. The maximum absolute atomic E-state index is 12.5. The Bertz CT molecular complexity index is 1150. The number of rotatable bonds is 5. The summed E-state index contributed by atoms with van der Waals surface area (Å²) in [4.78, 5) is 42.0. The Hall–Kier alpha value is -3.88. The lowest BCUT2D eigenvalue weighted by Crippen LogP contribution is -2.20. The second kappa shape index (κ2) is 7.63. The van der Waals surface area contributed by atoms with Gasteiger partial charge < -0.3 is 20.2 Å². The van der Waals surface area contributed by atoms with E-state index in [0.717, 1.165) is 31.6 Å². The van der Waals surface area contributed by atoms with Gasteiger partial charge in [-0.15, -0.1) is 0 Å². The van der Waals surface area contributed by atoms with E-state index in [2.05, 4.69) is 20.2 Å². The number of nitrogens with one attached hydrogen (secondary N) is 3. The summed E-state index contributed by atoms with van der Waals surface area (Å²) >= 11 is 0. The molecule has 3 N–H and O–H groups in total. The van der Waals surface area contributed by atoms with Crippen molar-refractivity contribution >= 4 is 40.1 Å². The van der Waals surface area contributed by atoms with E-state index >= 15 is 0 Å². The zero-order chi connectivity index (χ0) is 20.4. The van der Waals surface area contributed by atoms with E-state index in [-0.39, 0.29) is 17.3 Å². The van der Waals surface area contributed by atoms with Crippen LogP contribution >= 0.6 is 0 Å². The lowest BCUT2D eigenvalue weighted by molar-refractivity contribution is -0.384. The Morgan fingerprint density at radius 3 is 2.41 bits per heavy atom. The van der Waals surface area contributed by atoms with Gasteiger partial charge in [0.1, 0.15) is 0 Å². The second-order valence-corrected chi connectivity index (χ2v) is 6.86. The first-order chi connectivity index (χ1) is 14.0. The van der Waals surface area contributed by atoms with Crippen LogP contribution in [0.1, 0.15) is 18.4 Å². The Kier molecular flexibility index (Phi) is 4.86. The zero-order valence-corrected chi connectivity index (χ0v) is 15.5. The van der Waals surface area contributed by atoms with Gasteiger partial charge in [0.25, 0.3) is 5.69 Å². The van der Waals surface area contributed by atoms with Crippen LogP contribution in [0.3, 0.4) is 0 Å². The van der Waals surface area contributed by atoms with Crippen LogP contribution in [0, 0.1) is 10.1 Å². The summed E-state index contributed by atoms with van der Waals surface area (Å²) in [6.07, 6.45) is 5.12. The minimum absolute atomic E-state index is 0.00402. The fourth-order valence-corrected chi connectivity index (χ4v) is 3.44. The van der Waals surface area contributed by atoms with Crippen LogP contribution in [-0.4, -0.2) is 33.9 Å². The topological polar surface area (TPSA) is 124 Å². The number of hydrogen-bond donors (Lipinski definition) is 3. The second-order valence-electron chi connectivity index (χ2n) is 6.86. The van der Waals surface area contributed by atoms with Gasteiger partial charge in [0.15, 0.2) is 0 Å². The maximum Gasteiger partial charge on any atom is 0.323 e. The quantitative estimate of drug-likeness (QED) is 0.349. The number of benzene rings is 2. The van der Waals surface area contributed by atoms with Crippen molar-refractivity contribution in [2.24, 2.45) is 0 Å². The van der Waals surface area contributed by atoms with Gasteiger partial charge in [-0.05, 0) is 48.7 Å². The number of carbonyl (C=O) groups is 1. The van der Waals surface area contributed by atoms with E-state index in [4.69, 9.17) is 0 Å². The molecular weight excluding hydrogens is 374 g/mol. The van der Waals surface area contributed by atoms with Crippen LogP contribution in [-0.2, 0) is 4.79 Å². The molecule has 9 heteroatoms. The van der Waals surface area contributed by atoms with Crippen LogP contribution in [0.4, 0.5) is 17.1 Å². The maximum atomic E-state index is 12.5. The lowest BCUT2D eigenvalue weighted by Gasteiger charge is -2.21. The molecule has 1 aromatic heterocycles. The van der Waals surface area contributed by atoms with Crippen LogP contribution in [0.2, 0.25) is 0 Å². The first-order valence-corrected chi connectivity index (χ1v) is 9.24. The fourth-order valence-electron chi connectivity index (χ4n) is 3.44. The fraction of sp³-hybridized carbons (Fsp3) is 0.200. The minimum atomic E-state index is -0.471. The van der Waals surface area contributed by atoms with E-state index < -0.39 is 4.92 Å². The Balaban J connectivity index is 1.57. The van der Waals surface area contributed by atoms with E-state index in [1.807, 2.05) is 6.07 Å². The van der Waals surface area contributed by atoms with Gasteiger partial charge in [0, 0.05) is 31.3 Å². The zero-order valence-electron chi connectivity index (χ0n) is 15.5. The molecule has 1 amide bonds. The van der Waals surface area contributed by atoms with Gasteiger partial charge >= 0.3 is 5.69 Å². The molecule has 1 aliphatic heterocycles. The number of fused-ring (bicyclic) bond motifs is 1. The number of nitrogens with zero attached hydrogens (tertiary/aromatic N) is 2. The average Bonchev–Trinajstić information content (AvgIpc) is 3.34. The molecule has 1 fully saturated rings. The monoisotopic (exact) mass is 393 g/mol. The first kappa shape index (κ1) is 18.5. The van der Waals surface area contributed by atoms with E-state index in [9.17, 15) is 19.7 Å². The standard InChI is InChI=1S/C20H19N5O4/c26-19(8-5-13-3-6-14(7-4-13)25(28)29)21-17-11-15-16(23-20(27)22-15)12-18(17)24-9-1-2-10-24/h3-8,11-12H,1-2,9-10H2,(H,21,26)(H2,22,23,27)/b8-5+. The molecule has 0 bridgehead atoms. The van der Waals surface area contributed by atoms with Crippen molar-refractivity contribution in [2.75, 3.05) is 23.3 Å². The molecule has 4 rings (SSSR count). The number of carbonyl (C=O) groups excluding carboxylic acids is 1. The number of imidazole rings is 1. The Morgan fingerprint density at radius 1 is 1.10 bits per heavy atom. The number of H-pyrrole nitrogens is 2. The molecule has 2 aromatic carbocycles. The van der Waals surface area contributed by atoms with Crippen molar-refractivity contribution in [3.63, 3.8) is 0 Å². The summed E-state index contributed by atoms with van der Waals surface area (Å²) in [5.74, 6) is -0.332. The summed E-state index contributed by atoms with van der Waals surface area (Å²) < 4.78 is 0. The molecule has 0 atom stereocenters. The third-order valence-corrected chi connectivity index (χ3v) is 4.87. The van der Waals surface area contributed by atoms with Gasteiger partial charge in [-0.2, -0.15) is 0 Å². The van der Waals surface area contributed by atoms with Crippen molar-refractivity contribution in [2.45, 2.75) is 12.8 Å². The van der Waals surface area contributed by atoms with Gasteiger partial charge in [-0.3, -0.25) is 14.9 Å². The summed E-state index contributed by atoms with van der Waals surface area (Å²) in [6, 6.07) is 9.55. The molecule has 0 unspecified atom stereocenters. The molecule has 2 heterocycles. The van der Waals surface area contributed by atoms with E-state index in [1.54, 1.807) is 24.3 Å². The largest absolute Gasteiger partial charge is 0.370 e. The lowest BCUT2D eigenvalue weighted by atomic mass is 10.2. The molecule has 0 saturated carbocycles. The van der Waals surface area contributed by atoms with E-state index in [1.165, 1.54) is 18.2 Å². The third-order valence-electron chi connectivity index (χ3n) is 4.87. The Labute approximate surface area is 165 Å². The van der Waals surface area contributed by atoms with E-state index in [0.29, 0.717) is 22.3 Å². The third kappa shape index (κ3) is 4.03. The predicted octanol–water partition coefficient (Wildman–Crippen LogP) is 3.02. The summed E-state index contributed by atoms with van der Waals surface area (Å²) in [6.45, 7) is 1.78. The van der Waals surface area contributed by atoms with Gasteiger partial charge in [-0.25, -0.2) is 4.79 Å². The van der Waals surface area contributed by atoms with Crippen LogP contribution in [0.25, 0.3) is 17.1 Å². The molecule has 0 spiro atoms. The van der Waals surface area contributed by atoms with Crippen LogP contribution < -0.4 is 15.9 Å². The smallest absolute Gasteiger partial charge is 0.323 e. The molecule has 3 aromatic rings. The van der Waals surface area contributed by atoms with Crippen molar-refractivity contribution < 1.29 is 9.72 Å². The number of nitro groups is 1. The number of non-ortho nitro benzene ring substituents is 1. The van der Waals surface area contributed by atoms with Gasteiger partial charge in [0.2, 0.25) is 5.91 Å². The highest BCUT2D eigenvalue weighted by Gasteiger charge is 2.18. The number of anilines is 2. The molecule has 0 radical (unpaired) electrons. The molecule has 0 aliphatic carbocycles. The number of aromatic nitrogens is 2. The summed E-state index contributed by atoms with van der Waals surface area (Å²) in [5, 5.41) is 13.6. The highest BCUT2D eigenvalue weighted by Crippen LogP contribution is 2.32. The molecule has 148 valence electrons. The molecule has 29 heavy (non-hydrogen) atoms. The highest BCUT2D eigenvalue weighted by molar-refractivity contribution is 6.05. The first-order valence-electron chi connectivity index (χ1n) is 9.24. The summed E-state index contributed by atoms with van der Waals surface area (Å²) in [7, 11) is 0. The average molecular weight is 393 g/mol. The summed E-state index contributed by atoms with van der Waals surface area (Å²) in [5.41, 5.74) is 3.17. The number of aromatic amines is 2. The van der Waals surface area contributed by atoms with Crippen LogP contribution in [0.15, 0.2) is 47.3 Å². The van der Waals surface area contributed by atoms with Crippen molar-refractivity contribution in [3.8, 4) is 0 Å². The van der Waals surface area contributed by atoms with Crippen molar-refractivity contribution in [1.29, 1.82) is 0 Å². The molecule has 1 saturated heterocycles. The SMILES string of the molecule is O=C(/C=C/c1ccc([N+](=O)[O-])cc1)Nc1cc2[nH]c(=O)[nH]c2cc1N1CCCC1. The minimum Gasteiger partial charge on any atom is -0.370 e. The normalized spacial score (nSPS) is 14.0. The number of nitro benzene ring substituents is 1. The van der Waals surface area contributed by atoms with Crippen LogP contribution in [0.5, 0.6) is 0 Å². The Morgan fingerprint density at radius 2 is 1.76 bits per heavy atom. The van der Waals surface area contributed by atoms with Gasteiger partial charge in [0.05, 0.1) is 27.3 Å². The highest BCUT2D eigenvalue weighted by atomic mass is 16.6. The van der Waals surface area contributed by atoms with Crippen molar-refractivity contribution in [3.05, 3.63) is 68.6 Å². The number of hydrogen-bond acceptors (Lipinski definition) is 5. The van der Waals surface area contributed by atoms with Crippen molar-refractivity contribution in [1.82, 2.24) is 9.97 Å². The molecular formula is C20H19N5O4.